The molecule has 1 aliphatic rings. The van der Waals surface area contributed by atoms with Crippen LogP contribution in [0, 0.1) is 0 Å². The zero-order chi connectivity index (χ0) is 21.3. The zero-order valence-corrected chi connectivity index (χ0v) is 17.5. The van der Waals surface area contributed by atoms with Gasteiger partial charge in [-0.3, -0.25) is 28.4 Å². The molecule has 0 bridgehead atoms. The van der Waals surface area contributed by atoms with Crippen molar-refractivity contribution in [2.24, 2.45) is 14.1 Å². The molecule has 0 aliphatic carbocycles. The molecule has 1 saturated heterocycles. The van der Waals surface area contributed by atoms with Crippen LogP contribution in [0.3, 0.4) is 0 Å². The van der Waals surface area contributed by atoms with Crippen LogP contribution in [-0.2, 0) is 20.6 Å². The number of unbranched alkanes of at least 4 members (excludes halogenated alkanes) is 1. The number of aromatic nitrogens is 4. The van der Waals surface area contributed by atoms with Crippen LogP contribution in [-0.4, -0.2) is 56.3 Å². The normalized spacial score (nSPS) is 15.2. The molecule has 160 valence electrons. The first-order chi connectivity index (χ1) is 14.5. The molecule has 0 saturated carbocycles. The minimum Gasteiger partial charge on any atom is -0.369 e. The maximum absolute atomic E-state index is 12.5. The number of aryl methyl sites for hydroxylation is 2. The van der Waals surface area contributed by atoms with E-state index in [1.165, 1.54) is 21.9 Å². The predicted molar refractivity (Wildman–Crippen MR) is 117 cm³/mol. The summed E-state index contributed by atoms with van der Waals surface area (Å²) in [5.74, 6) is 0. The van der Waals surface area contributed by atoms with Crippen LogP contribution in [0.4, 0.5) is 5.69 Å². The van der Waals surface area contributed by atoms with Crippen LogP contribution >= 0.6 is 0 Å². The van der Waals surface area contributed by atoms with E-state index >= 15 is 0 Å². The smallest absolute Gasteiger partial charge is 0.332 e. The van der Waals surface area contributed by atoms with Crippen LogP contribution in [0.5, 0.6) is 0 Å². The lowest BCUT2D eigenvalue weighted by atomic mass is 10.2. The van der Waals surface area contributed by atoms with Crippen LogP contribution < -0.4 is 21.8 Å². The van der Waals surface area contributed by atoms with Crippen molar-refractivity contribution >= 4 is 16.9 Å². The van der Waals surface area contributed by atoms with Crippen molar-refractivity contribution in [3.05, 3.63) is 61.7 Å². The Morgan fingerprint density at radius 1 is 0.867 bits per heavy atom. The first kappa shape index (κ1) is 20.2. The van der Waals surface area contributed by atoms with E-state index < -0.39 is 11.2 Å². The second-order valence-corrected chi connectivity index (χ2v) is 7.86. The van der Waals surface area contributed by atoms with E-state index in [-0.39, 0.29) is 16.9 Å². The van der Waals surface area contributed by atoms with Crippen LogP contribution in [0.2, 0.25) is 0 Å². The fourth-order valence-corrected chi connectivity index (χ4v) is 4.17. The number of nitrogens with zero attached hydrogens (tertiary/aromatic N) is 5. The van der Waals surface area contributed by atoms with Crippen molar-refractivity contribution < 1.29 is 0 Å². The number of hydrogen-bond acceptors (Lipinski definition) is 5. The van der Waals surface area contributed by atoms with E-state index in [2.05, 4.69) is 39.0 Å². The molecular formula is C21H28N6O3. The zero-order valence-electron chi connectivity index (χ0n) is 17.5. The van der Waals surface area contributed by atoms with Gasteiger partial charge in [-0.2, -0.15) is 0 Å². The molecule has 0 amide bonds. The molecule has 3 heterocycles. The van der Waals surface area contributed by atoms with E-state index in [0.717, 1.165) is 50.1 Å². The van der Waals surface area contributed by atoms with Crippen LogP contribution in [0.15, 0.2) is 44.7 Å². The van der Waals surface area contributed by atoms with E-state index in [0.29, 0.717) is 6.54 Å². The topological polar surface area (TPSA) is 88.3 Å². The van der Waals surface area contributed by atoms with Crippen LogP contribution in [0.25, 0.3) is 11.2 Å². The Kier molecular flexibility index (Phi) is 5.63. The van der Waals surface area contributed by atoms with Gasteiger partial charge in [0.15, 0.2) is 5.52 Å². The molecular weight excluding hydrogens is 384 g/mol. The molecule has 1 aliphatic heterocycles. The third kappa shape index (κ3) is 3.72. The van der Waals surface area contributed by atoms with Gasteiger partial charge < -0.3 is 4.90 Å². The number of para-hydroxylation sites is 1. The van der Waals surface area contributed by atoms with Gasteiger partial charge in [0.2, 0.25) is 0 Å². The Bertz CT molecular complexity index is 1200. The van der Waals surface area contributed by atoms with Gasteiger partial charge >= 0.3 is 11.4 Å². The first-order valence-electron chi connectivity index (χ1n) is 10.4. The van der Waals surface area contributed by atoms with Crippen molar-refractivity contribution in [1.29, 1.82) is 0 Å². The van der Waals surface area contributed by atoms with Crippen molar-refractivity contribution in [2.75, 3.05) is 37.6 Å². The third-order valence-electron chi connectivity index (χ3n) is 5.98. The number of H-pyrrole nitrogens is 1. The van der Waals surface area contributed by atoms with Gasteiger partial charge in [0.1, 0.15) is 5.65 Å². The van der Waals surface area contributed by atoms with Gasteiger partial charge in [-0.25, -0.2) is 9.59 Å². The summed E-state index contributed by atoms with van der Waals surface area (Å²) in [6, 6.07) is 10.5. The van der Waals surface area contributed by atoms with Crippen LogP contribution in [0.1, 0.15) is 12.8 Å². The highest BCUT2D eigenvalue weighted by Gasteiger charge is 2.18. The Hall–Kier alpha value is -3.07. The Balaban J connectivity index is 1.34. The van der Waals surface area contributed by atoms with Crippen molar-refractivity contribution in [3.8, 4) is 0 Å². The quantitative estimate of drug-likeness (QED) is 0.590. The summed E-state index contributed by atoms with van der Waals surface area (Å²) in [6.07, 6.45) is 1.73. The molecule has 1 fully saturated rings. The Morgan fingerprint density at radius 2 is 1.53 bits per heavy atom. The number of benzene rings is 1. The minimum atomic E-state index is -0.449. The van der Waals surface area contributed by atoms with Gasteiger partial charge in [-0.05, 0) is 31.5 Å². The average molecular weight is 412 g/mol. The molecule has 3 aromatic rings. The largest absolute Gasteiger partial charge is 0.369 e. The van der Waals surface area contributed by atoms with Crippen molar-refractivity contribution in [1.82, 2.24) is 23.6 Å². The third-order valence-corrected chi connectivity index (χ3v) is 5.98. The lowest BCUT2D eigenvalue weighted by Crippen LogP contribution is -2.46. The summed E-state index contributed by atoms with van der Waals surface area (Å²) >= 11 is 0. The molecule has 2 aromatic heterocycles. The molecule has 1 N–H and O–H groups in total. The molecule has 9 heteroatoms. The highest BCUT2D eigenvalue weighted by atomic mass is 16.2. The van der Waals surface area contributed by atoms with E-state index in [1.54, 1.807) is 7.05 Å². The van der Waals surface area contributed by atoms with Crippen molar-refractivity contribution in [2.45, 2.75) is 19.4 Å². The molecule has 1 aromatic carbocycles. The maximum atomic E-state index is 12.5. The standard InChI is InChI=1S/C21H28N6O3/c1-23-18-17(19(28)24(2)21(23)30)27(20(29)22-18)11-7-6-10-25-12-14-26(15-13-25)16-8-4-3-5-9-16/h3-5,8-9H,6-7,10-15H2,1-2H3,(H,22,29). The summed E-state index contributed by atoms with van der Waals surface area (Å²) in [4.78, 5) is 44.4. The number of fused-ring (bicyclic) bond motifs is 1. The Labute approximate surface area is 173 Å². The van der Waals surface area contributed by atoms with Gasteiger partial charge in [0.25, 0.3) is 5.56 Å². The van der Waals surface area contributed by atoms with Gasteiger partial charge in [0.05, 0.1) is 0 Å². The number of nitrogens with one attached hydrogen (secondary N) is 1. The minimum absolute atomic E-state index is 0.265. The fourth-order valence-electron chi connectivity index (χ4n) is 4.17. The van der Waals surface area contributed by atoms with E-state index in [4.69, 9.17) is 0 Å². The number of anilines is 1. The highest BCUT2D eigenvalue weighted by Crippen LogP contribution is 2.15. The molecule has 9 nitrogen and oxygen atoms in total. The lowest BCUT2D eigenvalue weighted by molar-refractivity contribution is 0.251. The van der Waals surface area contributed by atoms with Gasteiger partial charge in [-0.15, -0.1) is 0 Å². The summed E-state index contributed by atoms with van der Waals surface area (Å²) in [5.41, 5.74) is 0.580. The second-order valence-electron chi connectivity index (χ2n) is 7.86. The maximum Gasteiger partial charge on any atom is 0.332 e. The number of hydrogen-bond donors (Lipinski definition) is 1. The SMILES string of the molecule is Cn1c(=O)c2c([nH]c(=O)n2CCCCN2CCN(c3ccccc3)CC2)n(C)c1=O. The molecule has 0 radical (unpaired) electrons. The highest BCUT2D eigenvalue weighted by molar-refractivity contribution is 5.69. The number of imidazole rings is 1. The lowest BCUT2D eigenvalue weighted by Gasteiger charge is -2.36. The Morgan fingerprint density at radius 3 is 2.23 bits per heavy atom. The molecule has 4 rings (SSSR count). The summed E-state index contributed by atoms with van der Waals surface area (Å²) < 4.78 is 3.81. The molecule has 0 spiro atoms. The fraction of sp³-hybridized carbons (Fsp3) is 0.476. The van der Waals surface area contributed by atoms with Gasteiger partial charge in [0, 0.05) is 52.5 Å². The monoisotopic (exact) mass is 412 g/mol. The summed E-state index contributed by atoms with van der Waals surface area (Å²) in [5, 5.41) is 0. The predicted octanol–water partition coefficient (Wildman–Crippen LogP) is 0.329. The van der Waals surface area contributed by atoms with E-state index in [1.807, 2.05) is 6.07 Å². The molecule has 30 heavy (non-hydrogen) atoms. The molecule has 0 atom stereocenters. The number of rotatable bonds is 6. The van der Waals surface area contributed by atoms with Crippen molar-refractivity contribution in [3.63, 3.8) is 0 Å². The average Bonchev–Trinajstić information content (AvgIpc) is 3.11. The second kappa shape index (κ2) is 8.35. The van der Waals surface area contributed by atoms with Gasteiger partial charge in [-0.1, -0.05) is 18.2 Å². The first-order valence-corrected chi connectivity index (χ1v) is 10.4. The molecule has 0 unspecified atom stereocenters. The summed E-state index contributed by atoms with van der Waals surface area (Å²) in [6.45, 7) is 5.48. The number of piperazine rings is 1. The number of aromatic amines is 1. The van der Waals surface area contributed by atoms with E-state index in [9.17, 15) is 14.4 Å². The summed E-state index contributed by atoms with van der Waals surface area (Å²) in [7, 11) is 2.99.